The second-order valence-electron chi connectivity index (χ2n) is 3.58. The van der Waals surface area contributed by atoms with Crippen LogP contribution < -0.4 is 4.74 Å². The van der Waals surface area contributed by atoms with E-state index < -0.39 is 4.92 Å². The summed E-state index contributed by atoms with van der Waals surface area (Å²) in [6, 6.07) is 5.84. The molecule has 0 spiro atoms. The van der Waals surface area contributed by atoms with Crippen molar-refractivity contribution in [3.63, 3.8) is 0 Å². The maximum absolute atomic E-state index is 10.4. The lowest BCUT2D eigenvalue weighted by Crippen LogP contribution is -2.11. The number of non-ortho nitro benzene ring substituents is 1. The van der Waals surface area contributed by atoms with Crippen molar-refractivity contribution in [1.82, 2.24) is 0 Å². The number of rotatable bonds is 6. The zero-order chi connectivity index (χ0) is 12.7. The summed E-state index contributed by atoms with van der Waals surface area (Å²) >= 11 is 0. The summed E-state index contributed by atoms with van der Waals surface area (Å²) in [5.74, 6) is 0.657. The van der Waals surface area contributed by atoms with Gasteiger partial charge in [0.15, 0.2) is 0 Å². The van der Waals surface area contributed by atoms with E-state index in [1.807, 2.05) is 6.92 Å². The van der Waals surface area contributed by atoms with Gasteiger partial charge in [-0.15, -0.1) is 0 Å². The molecule has 1 aromatic carbocycles. The summed E-state index contributed by atoms with van der Waals surface area (Å²) in [6.07, 6.45) is 0. The molecular formula is C10H12N4O3. The van der Waals surface area contributed by atoms with Gasteiger partial charge in [0.2, 0.25) is 0 Å². The molecular weight excluding hydrogens is 224 g/mol. The third-order valence-corrected chi connectivity index (χ3v) is 2.04. The van der Waals surface area contributed by atoms with Gasteiger partial charge in [0.25, 0.3) is 5.69 Å². The van der Waals surface area contributed by atoms with E-state index in [9.17, 15) is 10.1 Å². The molecule has 1 aromatic rings. The highest BCUT2D eigenvalue weighted by molar-refractivity contribution is 5.35. The molecule has 0 saturated carbocycles. The minimum atomic E-state index is -0.464. The average molecular weight is 236 g/mol. The van der Waals surface area contributed by atoms with Gasteiger partial charge in [0.05, 0.1) is 11.5 Å². The largest absolute Gasteiger partial charge is 0.493 e. The molecule has 0 saturated heterocycles. The Morgan fingerprint density at radius 1 is 1.53 bits per heavy atom. The van der Waals surface area contributed by atoms with Crippen molar-refractivity contribution >= 4 is 5.69 Å². The molecule has 17 heavy (non-hydrogen) atoms. The van der Waals surface area contributed by atoms with Gasteiger partial charge in [0, 0.05) is 23.6 Å². The minimum Gasteiger partial charge on any atom is -0.493 e. The first-order valence-electron chi connectivity index (χ1n) is 5.01. The van der Waals surface area contributed by atoms with Gasteiger partial charge < -0.3 is 4.74 Å². The Morgan fingerprint density at radius 2 is 2.18 bits per heavy atom. The lowest BCUT2D eigenvalue weighted by atomic mass is 10.2. The van der Waals surface area contributed by atoms with Gasteiger partial charge in [-0.1, -0.05) is 12.0 Å². The number of azide groups is 1. The van der Waals surface area contributed by atoms with Crippen molar-refractivity contribution in [2.75, 3.05) is 13.2 Å². The Morgan fingerprint density at radius 3 is 2.71 bits per heavy atom. The number of hydrogen-bond acceptors (Lipinski definition) is 4. The number of benzene rings is 1. The molecule has 1 rings (SSSR count). The molecule has 0 heterocycles. The van der Waals surface area contributed by atoms with Crippen molar-refractivity contribution in [3.8, 4) is 5.75 Å². The zero-order valence-electron chi connectivity index (χ0n) is 9.31. The summed E-state index contributed by atoms with van der Waals surface area (Å²) in [5.41, 5.74) is 8.16. The number of hydrogen-bond donors (Lipinski definition) is 0. The van der Waals surface area contributed by atoms with E-state index in [1.165, 1.54) is 12.1 Å². The number of nitro groups is 1. The van der Waals surface area contributed by atoms with Crippen molar-refractivity contribution in [2.24, 2.45) is 11.0 Å². The van der Waals surface area contributed by atoms with E-state index in [4.69, 9.17) is 10.3 Å². The molecule has 1 atom stereocenters. The molecule has 0 aliphatic heterocycles. The van der Waals surface area contributed by atoms with Crippen LogP contribution in [0.4, 0.5) is 5.69 Å². The van der Waals surface area contributed by atoms with Crippen molar-refractivity contribution in [1.29, 1.82) is 0 Å². The lowest BCUT2D eigenvalue weighted by molar-refractivity contribution is -0.384. The predicted molar refractivity (Wildman–Crippen MR) is 61.8 cm³/mol. The Hall–Kier alpha value is -2.27. The second-order valence-corrected chi connectivity index (χ2v) is 3.58. The molecule has 0 aliphatic carbocycles. The normalized spacial score (nSPS) is 11.4. The van der Waals surface area contributed by atoms with E-state index in [1.54, 1.807) is 12.1 Å². The first-order valence-corrected chi connectivity index (χ1v) is 5.01. The minimum absolute atomic E-state index is 0.0273. The number of nitro benzene ring substituents is 1. The van der Waals surface area contributed by atoms with E-state index in [0.717, 1.165) is 0 Å². The standard InChI is InChI=1S/C10H12N4O3/c1-8(6-12-13-11)7-17-10-4-2-9(3-5-10)14(15)16/h2-5,8H,6-7H2,1H3. The Bertz CT molecular complexity index is 426. The first kappa shape index (κ1) is 12.8. The van der Waals surface area contributed by atoms with Crippen molar-refractivity contribution in [3.05, 3.63) is 44.8 Å². The molecule has 7 heteroatoms. The van der Waals surface area contributed by atoms with Gasteiger partial charge >= 0.3 is 0 Å². The first-order chi connectivity index (χ1) is 8.13. The fourth-order valence-electron chi connectivity index (χ4n) is 1.13. The molecule has 0 aromatic heterocycles. The topological polar surface area (TPSA) is 101 Å². The van der Waals surface area contributed by atoms with Crippen LogP contribution in [0.25, 0.3) is 10.4 Å². The maximum atomic E-state index is 10.4. The van der Waals surface area contributed by atoms with Crippen LogP contribution in [-0.2, 0) is 0 Å². The molecule has 0 N–H and O–H groups in total. The monoisotopic (exact) mass is 236 g/mol. The van der Waals surface area contributed by atoms with Gasteiger partial charge in [-0.2, -0.15) is 0 Å². The van der Waals surface area contributed by atoms with Crippen LogP contribution in [0.5, 0.6) is 5.75 Å². The summed E-state index contributed by atoms with van der Waals surface area (Å²) in [7, 11) is 0. The second kappa shape index (κ2) is 6.34. The molecule has 0 aliphatic rings. The van der Waals surface area contributed by atoms with Crippen LogP contribution in [0.2, 0.25) is 0 Å². The molecule has 7 nitrogen and oxygen atoms in total. The molecule has 1 unspecified atom stereocenters. The summed E-state index contributed by atoms with van der Waals surface area (Å²) < 4.78 is 5.39. The molecule has 0 radical (unpaired) electrons. The Labute approximate surface area is 97.8 Å². The Kier molecular flexibility index (Phi) is 4.77. The van der Waals surface area contributed by atoms with Crippen LogP contribution in [0.15, 0.2) is 29.4 Å². The van der Waals surface area contributed by atoms with Crippen LogP contribution in [-0.4, -0.2) is 18.1 Å². The van der Waals surface area contributed by atoms with Gasteiger partial charge in [-0.25, -0.2) is 0 Å². The van der Waals surface area contributed by atoms with Gasteiger partial charge in [-0.3, -0.25) is 10.1 Å². The highest BCUT2D eigenvalue weighted by atomic mass is 16.6. The van der Waals surface area contributed by atoms with Crippen molar-refractivity contribution < 1.29 is 9.66 Å². The molecule has 90 valence electrons. The van der Waals surface area contributed by atoms with Crippen LogP contribution in [0.1, 0.15) is 6.92 Å². The fraction of sp³-hybridized carbons (Fsp3) is 0.400. The summed E-state index contributed by atoms with van der Waals surface area (Å²) in [6.45, 7) is 2.65. The highest BCUT2D eigenvalue weighted by Crippen LogP contribution is 2.17. The van der Waals surface area contributed by atoms with Crippen LogP contribution in [0, 0.1) is 16.0 Å². The summed E-state index contributed by atoms with van der Waals surface area (Å²) in [5, 5.41) is 13.8. The lowest BCUT2D eigenvalue weighted by Gasteiger charge is -2.10. The SMILES string of the molecule is CC(CN=[N+]=[N-])COc1ccc([N+](=O)[O-])cc1. The van der Waals surface area contributed by atoms with E-state index in [0.29, 0.717) is 18.9 Å². The smallest absolute Gasteiger partial charge is 0.269 e. The predicted octanol–water partition coefficient (Wildman–Crippen LogP) is 2.92. The molecule has 0 amide bonds. The van der Waals surface area contributed by atoms with E-state index >= 15 is 0 Å². The van der Waals surface area contributed by atoms with Gasteiger partial charge in [0.1, 0.15) is 5.75 Å². The van der Waals surface area contributed by atoms with E-state index in [2.05, 4.69) is 10.0 Å². The Balaban J connectivity index is 2.46. The average Bonchev–Trinajstić information content (AvgIpc) is 2.34. The molecule has 0 fully saturated rings. The van der Waals surface area contributed by atoms with E-state index in [-0.39, 0.29) is 11.6 Å². The maximum Gasteiger partial charge on any atom is 0.269 e. The third-order valence-electron chi connectivity index (χ3n) is 2.04. The highest BCUT2D eigenvalue weighted by Gasteiger charge is 2.05. The van der Waals surface area contributed by atoms with Gasteiger partial charge in [-0.05, 0) is 23.6 Å². The third kappa shape index (κ3) is 4.40. The van der Waals surface area contributed by atoms with Crippen LogP contribution >= 0.6 is 0 Å². The zero-order valence-corrected chi connectivity index (χ0v) is 9.31. The van der Waals surface area contributed by atoms with Crippen LogP contribution in [0.3, 0.4) is 0 Å². The fourth-order valence-corrected chi connectivity index (χ4v) is 1.13. The van der Waals surface area contributed by atoms with Crippen molar-refractivity contribution in [2.45, 2.75) is 6.92 Å². The quantitative estimate of drug-likeness (QED) is 0.249. The summed E-state index contributed by atoms with van der Waals surface area (Å²) in [4.78, 5) is 12.6. The number of nitrogens with zero attached hydrogens (tertiary/aromatic N) is 4. The number of ether oxygens (including phenoxy) is 1. The molecule has 0 bridgehead atoms.